The highest BCUT2D eigenvalue weighted by molar-refractivity contribution is 7.88. The average Bonchev–Trinajstić information content (AvgIpc) is 3.18. The van der Waals surface area contributed by atoms with E-state index in [2.05, 4.69) is 20.6 Å². The number of amides is 1. The van der Waals surface area contributed by atoms with Gasteiger partial charge in [0.2, 0.25) is 10.0 Å². The molecule has 3 aromatic rings. The highest BCUT2D eigenvalue weighted by Gasteiger charge is 2.33. The van der Waals surface area contributed by atoms with E-state index in [9.17, 15) is 13.2 Å². The number of fused-ring (bicyclic) bond motifs is 1. The van der Waals surface area contributed by atoms with Gasteiger partial charge in [0.25, 0.3) is 5.91 Å². The van der Waals surface area contributed by atoms with Gasteiger partial charge < -0.3 is 11.1 Å². The molecule has 0 saturated carbocycles. The summed E-state index contributed by atoms with van der Waals surface area (Å²) in [6.45, 7) is 4.77. The molecule has 10 nitrogen and oxygen atoms in total. The summed E-state index contributed by atoms with van der Waals surface area (Å²) in [6, 6.07) is 3.85. The summed E-state index contributed by atoms with van der Waals surface area (Å²) in [4.78, 5) is 12.2. The molecule has 1 aliphatic heterocycles. The molecule has 11 heteroatoms. The Balaban J connectivity index is 1.73. The van der Waals surface area contributed by atoms with Crippen LogP contribution in [0.4, 0.5) is 5.69 Å². The molecule has 170 valence electrons. The number of aromatic nitrogens is 4. The van der Waals surface area contributed by atoms with E-state index in [0.717, 1.165) is 23.2 Å². The molecule has 0 aromatic carbocycles. The van der Waals surface area contributed by atoms with Crippen LogP contribution in [0.25, 0.3) is 16.6 Å². The Morgan fingerprint density at radius 2 is 2.06 bits per heavy atom. The van der Waals surface area contributed by atoms with Crippen molar-refractivity contribution in [3.63, 3.8) is 0 Å². The smallest absolute Gasteiger partial charge is 0.252 e. The second-order valence-corrected chi connectivity index (χ2v) is 10.3. The van der Waals surface area contributed by atoms with Crippen molar-refractivity contribution in [1.29, 1.82) is 0 Å². The second-order valence-electron chi connectivity index (χ2n) is 8.27. The second kappa shape index (κ2) is 8.47. The Hall–Kier alpha value is -3.05. The molecule has 4 heterocycles. The van der Waals surface area contributed by atoms with Crippen LogP contribution in [-0.2, 0) is 10.0 Å². The van der Waals surface area contributed by atoms with Crippen molar-refractivity contribution in [2.75, 3.05) is 24.7 Å². The third kappa shape index (κ3) is 4.30. The first-order valence-electron chi connectivity index (χ1n) is 10.5. The van der Waals surface area contributed by atoms with E-state index < -0.39 is 15.9 Å². The number of rotatable bonds is 6. The largest absolute Gasteiger partial charge is 0.379 e. The van der Waals surface area contributed by atoms with Crippen LogP contribution in [0.2, 0.25) is 0 Å². The fourth-order valence-corrected chi connectivity index (χ4v) is 5.17. The summed E-state index contributed by atoms with van der Waals surface area (Å²) in [7, 11) is -3.25. The van der Waals surface area contributed by atoms with Crippen molar-refractivity contribution >= 4 is 27.1 Å². The van der Waals surface area contributed by atoms with Crippen LogP contribution in [0.3, 0.4) is 0 Å². The van der Waals surface area contributed by atoms with Crippen molar-refractivity contribution in [3.8, 4) is 11.1 Å². The maximum Gasteiger partial charge on any atom is 0.252 e. The molecule has 0 radical (unpaired) electrons. The highest BCUT2D eigenvalue weighted by Crippen LogP contribution is 2.32. The van der Waals surface area contributed by atoms with Crippen molar-refractivity contribution in [1.82, 2.24) is 24.1 Å². The van der Waals surface area contributed by atoms with Crippen molar-refractivity contribution in [2.24, 2.45) is 11.7 Å². The number of aryl methyl sites for hydroxylation is 1. The van der Waals surface area contributed by atoms with E-state index in [1.54, 1.807) is 10.7 Å². The van der Waals surface area contributed by atoms with Gasteiger partial charge in [0.1, 0.15) is 0 Å². The van der Waals surface area contributed by atoms with Gasteiger partial charge in [-0.1, -0.05) is 13.3 Å². The fraction of sp³-hybridized carbons (Fsp3) is 0.429. The number of hydrogen-bond acceptors (Lipinski definition) is 7. The number of sulfonamides is 1. The maximum absolute atomic E-state index is 12.2. The fourth-order valence-electron chi connectivity index (χ4n) is 4.27. The van der Waals surface area contributed by atoms with Crippen LogP contribution in [-0.4, -0.2) is 63.8 Å². The summed E-state index contributed by atoms with van der Waals surface area (Å²) in [5.41, 5.74) is 9.85. The Labute approximate surface area is 186 Å². The van der Waals surface area contributed by atoms with E-state index in [0.29, 0.717) is 36.3 Å². The molecule has 3 aromatic heterocycles. The summed E-state index contributed by atoms with van der Waals surface area (Å²) in [5, 5.41) is 15.9. The van der Waals surface area contributed by atoms with Gasteiger partial charge in [0, 0.05) is 36.5 Å². The first kappa shape index (κ1) is 22.2. The molecule has 0 aliphatic carbocycles. The molecule has 3 N–H and O–H groups in total. The molecule has 0 bridgehead atoms. The third-order valence-corrected chi connectivity index (χ3v) is 7.30. The number of carbonyl (C=O) groups excluding carboxylic acids is 1. The third-order valence-electron chi connectivity index (χ3n) is 6.03. The zero-order valence-electron chi connectivity index (χ0n) is 18.3. The van der Waals surface area contributed by atoms with Crippen molar-refractivity contribution in [2.45, 2.75) is 32.7 Å². The number of nitrogens with zero attached hydrogens (tertiary/aromatic N) is 5. The maximum atomic E-state index is 12.2. The van der Waals surface area contributed by atoms with Gasteiger partial charge in [-0.15, -0.1) is 0 Å². The molecule has 0 unspecified atom stereocenters. The molecule has 1 amide bonds. The number of carbonyl (C=O) groups is 1. The van der Waals surface area contributed by atoms with E-state index in [1.807, 2.05) is 32.2 Å². The molecule has 1 fully saturated rings. The summed E-state index contributed by atoms with van der Waals surface area (Å²) in [6.07, 6.45) is 7.67. The normalized spacial score (nSPS) is 19.8. The van der Waals surface area contributed by atoms with E-state index >= 15 is 0 Å². The number of nitrogens with two attached hydrogens (primary N) is 1. The van der Waals surface area contributed by atoms with Crippen LogP contribution < -0.4 is 11.1 Å². The van der Waals surface area contributed by atoms with Gasteiger partial charge in [-0.2, -0.15) is 15.3 Å². The predicted octanol–water partition coefficient (Wildman–Crippen LogP) is 1.67. The SMILES string of the molecule is CC[C@H]1CN(S(C)(=O)=O)CC[C@H]1Nc1c(C(N)=O)cnn2cc(-c3cnnc(C)c3)cc12. The minimum atomic E-state index is -3.25. The van der Waals surface area contributed by atoms with Crippen LogP contribution >= 0.6 is 0 Å². The predicted molar refractivity (Wildman–Crippen MR) is 122 cm³/mol. The van der Waals surface area contributed by atoms with Crippen LogP contribution in [0.15, 0.2) is 30.7 Å². The van der Waals surface area contributed by atoms with Gasteiger partial charge >= 0.3 is 0 Å². The zero-order chi connectivity index (χ0) is 23.0. The molecule has 4 rings (SSSR count). The van der Waals surface area contributed by atoms with Crippen molar-refractivity contribution < 1.29 is 13.2 Å². The van der Waals surface area contributed by atoms with E-state index in [-0.39, 0.29) is 12.0 Å². The Kier molecular flexibility index (Phi) is 5.87. The lowest BCUT2D eigenvalue weighted by Gasteiger charge is -2.38. The van der Waals surface area contributed by atoms with Gasteiger partial charge in [0.05, 0.1) is 41.1 Å². The van der Waals surface area contributed by atoms with Gasteiger partial charge in [-0.05, 0) is 31.4 Å². The standard InChI is InChI=1S/C21H27N7O3S/c1-4-14-11-27(32(3,30)31)6-5-18(14)25-20-17(21(22)29)10-24-28-12-16(8-19(20)28)15-7-13(2)26-23-9-15/h7-10,12,14,18,25H,4-6,11H2,1-3H3,(H2,22,29)/t14-,18+/m0/s1. The van der Waals surface area contributed by atoms with Gasteiger partial charge in [-0.3, -0.25) is 4.79 Å². The number of nitrogens with one attached hydrogen (secondary N) is 1. The topological polar surface area (TPSA) is 136 Å². The van der Waals surface area contributed by atoms with E-state index in [4.69, 9.17) is 5.73 Å². The molecule has 1 saturated heterocycles. The lowest BCUT2D eigenvalue weighted by molar-refractivity contribution is 0.100. The average molecular weight is 458 g/mol. The van der Waals surface area contributed by atoms with Crippen LogP contribution in [0.1, 0.15) is 35.8 Å². The summed E-state index contributed by atoms with van der Waals surface area (Å²) >= 11 is 0. The molecule has 2 atom stereocenters. The first-order chi connectivity index (χ1) is 15.2. The highest BCUT2D eigenvalue weighted by atomic mass is 32.2. The zero-order valence-corrected chi connectivity index (χ0v) is 19.1. The van der Waals surface area contributed by atoms with Crippen LogP contribution in [0, 0.1) is 12.8 Å². The number of anilines is 1. The molecular formula is C21H27N7O3S. The Morgan fingerprint density at radius 1 is 1.28 bits per heavy atom. The summed E-state index contributed by atoms with van der Waals surface area (Å²) in [5.74, 6) is -0.484. The van der Waals surface area contributed by atoms with Crippen molar-refractivity contribution in [3.05, 3.63) is 42.0 Å². The molecule has 0 spiro atoms. The minimum Gasteiger partial charge on any atom is -0.379 e. The van der Waals surface area contributed by atoms with Crippen LogP contribution in [0.5, 0.6) is 0 Å². The van der Waals surface area contributed by atoms with Gasteiger partial charge in [0.15, 0.2) is 0 Å². The monoisotopic (exact) mass is 457 g/mol. The molecule has 32 heavy (non-hydrogen) atoms. The summed E-state index contributed by atoms with van der Waals surface area (Å²) < 4.78 is 27.3. The van der Waals surface area contributed by atoms with Gasteiger partial charge in [-0.25, -0.2) is 17.2 Å². The lowest BCUT2D eigenvalue weighted by atomic mass is 9.90. The lowest BCUT2D eigenvalue weighted by Crippen LogP contribution is -2.48. The number of piperidine rings is 1. The Bertz CT molecular complexity index is 1270. The molecule has 1 aliphatic rings. The van der Waals surface area contributed by atoms with E-state index in [1.165, 1.54) is 16.8 Å². The first-order valence-corrected chi connectivity index (χ1v) is 12.3. The number of hydrogen-bond donors (Lipinski definition) is 2. The minimum absolute atomic E-state index is 0.00881. The molecular weight excluding hydrogens is 430 g/mol. The number of primary amides is 1. The Morgan fingerprint density at radius 3 is 2.72 bits per heavy atom. The quantitative estimate of drug-likeness (QED) is 0.575.